The molecular formula is C15H17Br2NS. The Balaban J connectivity index is 2.03. The zero-order valence-corrected chi connectivity index (χ0v) is 14.8. The topological polar surface area (TPSA) is 12.0 Å². The fraction of sp³-hybridized carbons (Fsp3) is 0.333. The van der Waals surface area contributed by atoms with E-state index in [9.17, 15) is 0 Å². The van der Waals surface area contributed by atoms with Gasteiger partial charge in [-0.1, -0.05) is 35.0 Å². The van der Waals surface area contributed by atoms with Crippen LogP contribution in [0, 0.1) is 0 Å². The van der Waals surface area contributed by atoms with E-state index >= 15 is 0 Å². The lowest BCUT2D eigenvalue weighted by Crippen LogP contribution is -2.32. The Kier molecular flexibility index (Phi) is 6.07. The van der Waals surface area contributed by atoms with Crippen LogP contribution in [0.5, 0.6) is 0 Å². The van der Waals surface area contributed by atoms with Crippen molar-refractivity contribution in [2.75, 3.05) is 6.54 Å². The van der Waals surface area contributed by atoms with Crippen molar-refractivity contribution in [2.24, 2.45) is 0 Å². The second-order valence-electron chi connectivity index (χ2n) is 4.52. The standard InChI is InChI=1S/C15H17Br2NS/c1-2-18-14(9-15-8-13(17)10-19-15)7-11-4-3-5-12(16)6-11/h3-6,8,10,14,18H,2,7,9H2,1H3. The van der Waals surface area contributed by atoms with Gasteiger partial charge in [0.2, 0.25) is 0 Å². The van der Waals surface area contributed by atoms with Crippen LogP contribution in [0.2, 0.25) is 0 Å². The number of nitrogens with one attached hydrogen (secondary N) is 1. The minimum atomic E-state index is 0.491. The molecule has 2 aromatic rings. The highest BCUT2D eigenvalue weighted by molar-refractivity contribution is 9.10. The maximum Gasteiger partial charge on any atom is 0.0285 e. The molecule has 1 nitrogen and oxygen atoms in total. The number of benzene rings is 1. The van der Waals surface area contributed by atoms with Crippen molar-refractivity contribution in [3.63, 3.8) is 0 Å². The molecule has 0 amide bonds. The number of hydrogen-bond donors (Lipinski definition) is 1. The zero-order valence-electron chi connectivity index (χ0n) is 10.8. The minimum absolute atomic E-state index is 0.491. The van der Waals surface area contributed by atoms with E-state index in [4.69, 9.17) is 0 Å². The van der Waals surface area contributed by atoms with Crippen LogP contribution in [0.3, 0.4) is 0 Å². The van der Waals surface area contributed by atoms with E-state index in [-0.39, 0.29) is 0 Å². The molecule has 1 heterocycles. The van der Waals surface area contributed by atoms with Gasteiger partial charge in [-0.3, -0.25) is 0 Å². The van der Waals surface area contributed by atoms with Crippen molar-refractivity contribution in [3.8, 4) is 0 Å². The van der Waals surface area contributed by atoms with E-state index in [0.717, 1.165) is 23.9 Å². The average Bonchev–Trinajstić information content (AvgIpc) is 2.75. The molecule has 1 aromatic heterocycles. The molecule has 2 rings (SSSR count). The van der Waals surface area contributed by atoms with Crippen LogP contribution < -0.4 is 5.32 Å². The molecule has 1 atom stereocenters. The third-order valence-electron chi connectivity index (χ3n) is 2.93. The van der Waals surface area contributed by atoms with Gasteiger partial charge in [0, 0.05) is 25.2 Å². The first kappa shape index (κ1) is 15.2. The Bertz CT molecular complexity index is 524. The van der Waals surface area contributed by atoms with Crippen molar-refractivity contribution in [3.05, 3.63) is 55.1 Å². The predicted octanol–water partition coefficient (Wildman–Crippen LogP) is 5.04. The Morgan fingerprint density at radius 3 is 2.63 bits per heavy atom. The Morgan fingerprint density at radius 2 is 2.00 bits per heavy atom. The van der Waals surface area contributed by atoms with Crippen molar-refractivity contribution < 1.29 is 0 Å². The van der Waals surface area contributed by atoms with Gasteiger partial charge in [-0.25, -0.2) is 0 Å². The van der Waals surface area contributed by atoms with E-state index in [1.807, 2.05) is 11.3 Å². The van der Waals surface area contributed by atoms with Crippen LogP contribution in [0.1, 0.15) is 17.4 Å². The first-order valence-corrected chi connectivity index (χ1v) is 8.84. The Hall–Kier alpha value is -0.160. The maximum absolute atomic E-state index is 3.58. The molecule has 0 fully saturated rings. The van der Waals surface area contributed by atoms with E-state index in [0.29, 0.717) is 6.04 Å². The van der Waals surface area contributed by atoms with Crippen LogP contribution in [0.4, 0.5) is 0 Å². The highest BCUT2D eigenvalue weighted by Crippen LogP contribution is 2.22. The van der Waals surface area contributed by atoms with E-state index in [1.54, 1.807) is 0 Å². The van der Waals surface area contributed by atoms with Crippen LogP contribution in [-0.4, -0.2) is 12.6 Å². The predicted molar refractivity (Wildman–Crippen MR) is 91.0 cm³/mol. The molecule has 0 saturated heterocycles. The molecule has 0 radical (unpaired) electrons. The lowest BCUT2D eigenvalue weighted by atomic mass is 10.0. The largest absolute Gasteiger partial charge is 0.314 e. The van der Waals surface area contributed by atoms with Gasteiger partial charge in [-0.05, 0) is 59.1 Å². The van der Waals surface area contributed by atoms with Gasteiger partial charge in [0.1, 0.15) is 0 Å². The molecule has 0 saturated carbocycles. The molecule has 0 spiro atoms. The van der Waals surface area contributed by atoms with Crippen LogP contribution in [-0.2, 0) is 12.8 Å². The van der Waals surface area contributed by atoms with Gasteiger partial charge in [0.25, 0.3) is 0 Å². The Labute approximate surface area is 135 Å². The molecule has 102 valence electrons. The third kappa shape index (κ3) is 5.03. The van der Waals surface area contributed by atoms with Crippen LogP contribution in [0.25, 0.3) is 0 Å². The fourth-order valence-electron chi connectivity index (χ4n) is 2.16. The lowest BCUT2D eigenvalue weighted by molar-refractivity contribution is 0.524. The van der Waals surface area contributed by atoms with Gasteiger partial charge in [0.05, 0.1) is 0 Å². The van der Waals surface area contributed by atoms with E-state index in [2.05, 4.69) is 79.8 Å². The molecular weight excluding hydrogens is 386 g/mol. The smallest absolute Gasteiger partial charge is 0.0285 e. The van der Waals surface area contributed by atoms with Crippen LogP contribution >= 0.6 is 43.2 Å². The highest BCUT2D eigenvalue weighted by Gasteiger charge is 2.11. The molecule has 4 heteroatoms. The van der Waals surface area contributed by atoms with Gasteiger partial charge < -0.3 is 5.32 Å². The monoisotopic (exact) mass is 401 g/mol. The SMILES string of the molecule is CCNC(Cc1cccc(Br)c1)Cc1cc(Br)cs1. The van der Waals surface area contributed by atoms with Crippen molar-refractivity contribution in [1.82, 2.24) is 5.32 Å². The van der Waals surface area contributed by atoms with Gasteiger partial charge in [0.15, 0.2) is 0 Å². The van der Waals surface area contributed by atoms with Crippen LogP contribution in [0.15, 0.2) is 44.7 Å². The van der Waals surface area contributed by atoms with Gasteiger partial charge >= 0.3 is 0 Å². The third-order valence-corrected chi connectivity index (χ3v) is 5.15. The summed E-state index contributed by atoms with van der Waals surface area (Å²) in [6.07, 6.45) is 2.14. The second-order valence-corrected chi connectivity index (χ2v) is 7.35. The molecule has 0 aliphatic carbocycles. The van der Waals surface area contributed by atoms with Gasteiger partial charge in [-0.15, -0.1) is 11.3 Å². The maximum atomic E-state index is 3.58. The molecule has 19 heavy (non-hydrogen) atoms. The number of rotatable bonds is 6. The summed E-state index contributed by atoms with van der Waals surface area (Å²) in [5.41, 5.74) is 1.37. The highest BCUT2D eigenvalue weighted by atomic mass is 79.9. The second kappa shape index (κ2) is 7.58. The zero-order chi connectivity index (χ0) is 13.7. The van der Waals surface area contributed by atoms with Crippen molar-refractivity contribution in [1.29, 1.82) is 0 Å². The summed E-state index contributed by atoms with van der Waals surface area (Å²) in [5.74, 6) is 0. The lowest BCUT2D eigenvalue weighted by Gasteiger charge is -2.17. The quantitative estimate of drug-likeness (QED) is 0.713. The summed E-state index contributed by atoms with van der Waals surface area (Å²) in [4.78, 5) is 1.42. The first-order valence-electron chi connectivity index (χ1n) is 6.38. The first-order chi connectivity index (χ1) is 9.17. The van der Waals surface area contributed by atoms with E-state index < -0.39 is 0 Å². The molecule has 0 bridgehead atoms. The number of likely N-dealkylation sites (N-methyl/N-ethyl adjacent to an activating group) is 1. The average molecular weight is 403 g/mol. The van der Waals surface area contributed by atoms with Gasteiger partial charge in [-0.2, -0.15) is 0 Å². The summed E-state index contributed by atoms with van der Waals surface area (Å²) in [5, 5.41) is 5.73. The number of thiophene rings is 1. The summed E-state index contributed by atoms with van der Waals surface area (Å²) in [6.45, 7) is 3.17. The summed E-state index contributed by atoms with van der Waals surface area (Å²) < 4.78 is 2.34. The minimum Gasteiger partial charge on any atom is -0.314 e. The molecule has 0 aliphatic rings. The summed E-state index contributed by atoms with van der Waals surface area (Å²) in [7, 11) is 0. The number of hydrogen-bond acceptors (Lipinski definition) is 2. The number of halogens is 2. The van der Waals surface area contributed by atoms with Crippen molar-refractivity contribution >= 4 is 43.2 Å². The molecule has 0 aliphatic heterocycles. The summed E-state index contributed by atoms with van der Waals surface area (Å²) >= 11 is 8.88. The molecule has 1 unspecified atom stereocenters. The molecule has 1 N–H and O–H groups in total. The summed E-state index contributed by atoms with van der Waals surface area (Å²) in [6, 6.07) is 11.3. The van der Waals surface area contributed by atoms with E-state index in [1.165, 1.54) is 14.9 Å². The van der Waals surface area contributed by atoms with Crippen molar-refractivity contribution in [2.45, 2.75) is 25.8 Å². The normalized spacial score (nSPS) is 12.6. The Morgan fingerprint density at radius 1 is 1.16 bits per heavy atom. The fourth-order valence-corrected chi connectivity index (χ4v) is 4.14. The molecule has 1 aromatic carbocycles.